The molecule has 0 spiro atoms. The third kappa shape index (κ3) is 5.81. The summed E-state index contributed by atoms with van der Waals surface area (Å²) in [7, 11) is -3.63. The van der Waals surface area contributed by atoms with Gasteiger partial charge in [-0.05, 0) is 0 Å². The second kappa shape index (κ2) is 5.38. The van der Waals surface area contributed by atoms with Crippen LogP contribution in [-0.2, 0) is 14.8 Å². The van der Waals surface area contributed by atoms with E-state index in [1.54, 1.807) is 0 Å². The molecule has 0 aliphatic carbocycles. The van der Waals surface area contributed by atoms with E-state index in [1.807, 2.05) is 0 Å². The van der Waals surface area contributed by atoms with Crippen molar-refractivity contribution < 1.29 is 18.3 Å². The molecule has 0 fully saturated rings. The number of alkyl halides is 1. The molecule has 8 heteroatoms. The van der Waals surface area contributed by atoms with Crippen LogP contribution < -0.4 is 10.5 Å². The summed E-state index contributed by atoms with van der Waals surface area (Å²) in [5.74, 6) is -1.86. The summed E-state index contributed by atoms with van der Waals surface area (Å²) in [4.78, 5) is 10.2. The molecule has 0 heterocycles. The van der Waals surface area contributed by atoms with Crippen molar-refractivity contribution in [1.29, 1.82) is 0 Å². The van der Waals surface area contributed by atoms with Crippen LogP contribution in [0.25, 0.3) is 0 Å². The Kier molecular flexibility index (Phi) is 5.23. The maximum atomic E-state index is 11.0. The Morgan fingerprint density at radius 2 is 2.15 bits per heavy atom. The number of hydrogen-bond donors (Lipinski definition) is 3. The standard InChI is InChI=1S/C5H11ClN2O4S/c6-1-2-8-13(11,12)3-4(7)5(9)10/h4,8H,1-3,7H2,(H,9,10)/t4-/m0/s1. The summed E-state index contributed by atoms with van der Waals surface area (Å²) in [5, 5.41) is 8.33. The molecule has 0 aromatic rings. The number of nitrogens with one attached hydrogen (secondary N) is 1. The lowest BCUT2D eigenvalue weighted by Gasteiger charge is -2.07. The molecule has 0 aromatic carbocycles. The van der Waals surface area contributed by atoms with Crippen LogP contribution in [0.3, 0.4) is 0 Å². The van der Waals surface area contributed by atoms with Gasteiger partial charge >= 0.3 is 5.97 Å². The normalized spacial score (nSPS) is 14.0. The molecule has 0 saturated carbocycles. The lowest BCUT2D eigenvalue weighted by atomic mass is 10.4. The van der Waals surface area contributed by atoms with Crippen LogP contribution in [0.2, 0.25) is 0 Å². The highest BCUT2D eigenvalue weighted by Crippen LogP contribution is 1.89. The first-order valence-electron chi connectivity index (χ1n) is 3.40. The highest BCUT2D eigenvalue weighted by atomic mass is 35.5. The summed E-state index contributed by atoms with van der Waals surface area (Å²) >= 11 is 5.23. The van der Waals surface area contributed by atoms with Gasteiger partial charge in [-0.15, -0.1) is 11.6 Å². The summed E-state index contributed by atoms with van der Waals surface area (Å²) in [6.45, 7) is 0.0657. The van der Waals surface area contributed by atoms with Crippen molar-refractivity contribution in [2.24, 2.45) is 5.73 Å². The van der Waals surface area contributed by atoms with Gasteiger partial charge in [-0.25, -0.2) is 13.1 Å². The molecule has 1 atom stereocenters. The van der Waals surface area contributed by atoms with Gasteiger partial charge in [0, 0.05) is 12.4 Å². The second-order valence-electron chi connectivity index (χ2n) is 2.31. The van der Waals surface area contributed by atoms with E-state index < -0.39 is 27.8 Å². The van der Waals surface area contributed by atoms with Gasteiger partial charge in [0.25, 0.3) is 0 Å². The van der Waals surface area contributed by atoms with Crippen LogP contribution in [0.15, 0.2) is 0 Å². The number of hydrogen-bond acceptors (Lipinski definition) is 4. The van der Waals surface area contributed by atoms with Crippen LogP contribution in [0.1, 0.15) is 0 Å². The number of rotatable bonds is 6. The third-order valence-corrected chi connectivity index (χ3v) is 2.76. The number of sulfonamides is 1. The Labute approximate surface area is 81.1 Å². The average Bonchev–Trinajstić information content (AvgIpc) is 2.00. The molecule has 6 nitrogen and oxygen atoms in total. The van der Waals surface area contributed by atoms with Gasteiger partial charge < -0.3 is 10.8 Å². The van der Waals surface area contributed by atoms with Crippen molar-refractivity contribution in [2.75, 3.05) is 18.2 Å². The van der Waals surface area contributed by atoms with Gasteiger partial charge in [0.05, 0.1) is 5.75 Å². The van der Waals surface area contributed by atoms with E-state index >= 15 is 0 Å². The first-order valence-corrected chi connectivity index (χ1v) is 5.59. The van der Waals surface area contributed by atoms with Crippen molar-refractivity contribution in [3.05, 3.63) is 0 Å². The fourth-order valence-electron chi connectivity index (χ4n) is 0.561. The smallest absolute Gasteiger partial charge is 0.321 e. The van der Waals surface area contributed by atoms with E-state index in [2.05, 4.69) is 4.72 Å². The molecule has 78 valence electrons. The number of carbonyl (C=O) groups is 1. The zero-order valence-corrected chi connectivity index (χ0v) is 8.31. The number of carboxylic acid groups (broad SMARTS) is 1. The SMILES string of the molecule is N[C@@H](CS(=O)(=O)NCCCl)C(=O)O. The fraction of sp³-hybridized carbons (Fsp3) is 0.800. The second-order valence-corrected chi connectivity index (χ2v) is 4.54. The molecular formula is C5H11ClN2O4S. The van der Waals surface area contributed by atoms with Gasteiger partial charge in [0.1, 0.15) is 6.04 Å². The van der Waals surface area contributed by atoms with Crippen molar-refractivity contribution in [2.45, 2.75) is 6.04 Å². The summed E-state index contributed by atoms with van der Waals surface area (Å²) in [6, 6.07) is -1.41. The predicted molar refractivity (Wildman–Crippen MR) is 48.1 cm³/mol. The number of aliphatic carboxylic acids is 1. The lowest BCUT2D eigenvalue weighted by Crippen LogP contribution is -2.41. The maximum Gasteiger partial charge on any atom is 0.321 e. The summed E-state index contributed by atoms with van der Waals surface area (Å²) in [6.07, 6.45) is 0. The molecule has 4 N–H and O–H groups in total. The number of nitrogens with two attached hydrogens (primary N) is 1. The van der Waals surface area contributed by atoms with Gasteiger partial charge in [-0.1, -0.05) is 0 Å². The fourth-order valence-corrected chi connectivity index (χ4v) is 1.91. The summed E-state index contributed by atoms with van der Waals surface area (Å²) < 4.78 is 24.1. The molecule has 0 radical (unpaired) electrons. The maximum absolute atomic E-state index is 11.0. The minimum atomic E-state index is -3.63. The van der Waals surface area contributed by atoms with Crippen LogP contribution in [-0.4, -0.2) is 43.7 Å². The van der Waals surface area contributed by atoms with Crippen molar-refractivity contribution in [3.63, 3.8) is 0 Å². The highest BCUT2D eigenvalue weighted by Gasteiger charge is 2.20. The monoisotopic (exact) mass is 230 g/mol. The van der Waals surface area contributed by atoms with Crippen LogP contribution in [0.4, 0.5) is 0 Å². The molecule has 0 aromatic heterocycles. The highest BCUT2D eigenvalue weighted by molar-refractivity contribution is 7.89. The zero-order chi connectivity index (χ0) is 10.5. The molecule has 0 unspecified atom stereocenters. The first kappa shape index (κ1) is 12.6. The Hall–Kier alpha value is -0.370. The van der Waals surface area contributed by atoms with E-state index in [1.165, 1.54) is 0 Å². The molecule has 0 saturated heterocycles. The quantitative estimate of drug-likeness (QED) is 0.484. The van der Waals surface area contributed by atoms with E-state index in [0.29, 0.717) is 0 Å². The molecule has 0 aliphatic heterocycles. The van der Waals surface area contributed by atoms with Crippen LogP contribution in [0, 0.1) is 0 Å². The zero-order valence-electron chi connectivity index (χ0n) is 6.73. The largest absolute Gasteiger partial charge is 0.480 e. The van der Waals surface area contributed by atoms with Crippen molar-refractivity contribution >= 4 is 27.6 Å². The van der Waals surface area contributed by atoms with Gasteiger partial charge in [0.15, 0.2) is 0 Å². The molecule has 0 bridgehead atoms. The van der Waals surface area contributed by atoms with Gasteiger partial charge in [0.2, 0.25) is 10.0 Å². The Bertz CT molecular complexity index is 266. The summed E-state index contributed by atoms with van der Waals surface area (Å²) in [5.41, 5.74) is 5.02. The molecule has 0 aliphatic rings. The topological polar surface area (TPSA) is 109 Å². The number of carboxylic acids is 1. The van der Waals surface area contributed by atoms with Crippen LogP contribution >= 0.6 is 11.6 Å². The van der Waals surface area contributed by atoms with E-state index in [-0.39, 0.29) is 12.4 Å². The van der Waals surface area contributed by atoms with Crippen LogP contribution in [0.5, 0.6) is 0 Å². The third-order valence-electron chi connectivity index (χ3n) is 1.13. The van der Waals surface area contributed by atoms with E-state index in [4.69, 9.17) is 22.4 Å². The van der Waals surface area contributed by atoms with Gasteiger partial charge in [-0.3, -0.25) is 4.79 Å². The van der Waals surface area contributed by atoms with Crippen molar-refractivity contribution in [3.8, 4) is 0 Å². The Balaban J connectivity index is 4.10. The molecule has 13 heavy (non-hydrogen) atoms. The predicted octanol–water partition coefficient (Wildman–Crippen LogP) is -1.44. The van der Waals surface area contributed by atoms with E-state index in [0.717, 1.165) is 0 Å². The first-order chi connectivity index (χ1) is 5.89. The molecule has 0 amide bonds. The van der Waals surface area contributed by atoms with Gasteiger partial charge in [-0.2, -0.15) is 0 Å². The van der Waals surface area contributed by atoms with E-state index in [9.17, 15) is 13.2 Å². The molecule has 0 rings (SSSR count). The average molecular weight is 231 g/mol. The Morgan fingerprint density at radius 1 is 1.62 bits per heavy atom. The Morgan fingerprint density at radius 3 is 2.54 bits per heavy atom. The molecular weight excluding hydrogens is 220 g/mol. The minimum absolute atomic E-state index is 0.0657. The lowest BCUT2D eigenvalue weighted by molar-refractivity contribution is -0.137. The minimum Gasteiger partial charge on any atom is -0.480 e. The number of halogens is 1. The van der Waals surface area contributed by atoms with Crippen molar-refractivity contribution in [1.82, 2.24) is 4.72 Å².